The van der Waals surface area contributed by atoms with Crippen molar-refractivity contribution in [3.63, 3.8) is 0 Å². The van der Waals surface area contributed by atoms with Crippen molar-refractivity contribution in [3.05, 3.63) is 0 Å². The fraction of sp³-hybridized carbons (Fsp3) is 0. The fourth-order valence-corrected chi connectivity index (χ4v) is 0.566. The number of nitrogens with zero attached hydrogens (tertiary/aromatic N) is 1. The Morgan fingerprint density at radius 3 is 2.14 bits per heavy atom. The second-order valence-electron chi connectivity index (χ2n) is 0.763. The van der Waals surface area contributed by atoms with Crippen LogP contribution in [-0.2, 0) is 16.8 Å². The molecule has 1 unspecified atom stereocenters. The van der Waals surface area contributed by atoms with E-state index in [9.17, 15) is 4.57 Å². The molecule has 0 aliphatic heterocycles. The summed E-state index contributed by atoms with van der Waals surface area (Å²) in [5.74, 6) is -0.226. The fourth-order valence-electron chi connectivity index (χ4n) is 0.0943. The van der Waals surface area contributed by atoms with E-state index < -0.39 is 7.15 Å². The van der Waals surface area contributed by atoms with Crippen molar-refractivity contribution in [2.45, 2.75) is 0 Å². The summed E-state index contributed by atoms with van der Waals surface area (Å²) in [5.41, 5.74) is 9.54. The summed E-state index contributed by atoms with van der Waals surface area (Å²) in [6.07, 6.45) is 0. The lowest BCUT2D eigenvalue weighted by Crippen LogP contribution is -2.21. The third-order valence-corrected chi connectivity index (χ3v) is 0.836. The van der Waals surface area contributed by atoms with E-state index in [0.717, 1.165) is 0 Å². The number of nitrogens with two attached hydrogens (primary N) is 2. The van der Waals surface area contributed by atoms with Crippen LogP contribution in [0.2, 0.25) is 0 Å². The van der Waals surface area contributed by atoms with Gasteiger partial charge in [-0.2, -0.15) is 0 Å². The standard InChI is InChI=1S/CH4N3OPS/c2-1(3)4-6(5)7/h(H4,2,3,4,5,7). The largest absolute Gasteiger partial charge is 0.414 e. The molecule has 6 heteroatoms. The molecule has 4 N–H and O–H groups in total. The molecule has 0 radical (unpaired) electrons. The Kier molecular flexibility index (Phi) is 2.71. The Morgan fingerprint density at radius 1 is 1.71 bits per heavy atom. The number of guanidine groups is 1. The van der Waals surface area contributed by atoms with E-state index in [1.807, 2.05) is 0 Å². The molecular weight excluding hydrogens is 133 g/mol. The molecule has 0 aromatic rings. The van der Waals surface area contributed by atoms with Gasteiger partial charge in [0.05, 0.1) is 0 Å². The van der Waals surface area contributed by atoms with Crippen molar-refractivity contribution >= 4 is 25.4 Å². The molecule has 0 rings (SSSR count). The van der Waals surface area contributed by atoms with Crippen LogP contribution in [0.3, 0.4) is 0 Å². The summed E-state index contributed by atoms with van der Waals surface area (Å²) in [6, 6.07) is 0. The summed E-state index contributed by atoms with van der Waals surface area (Å²) < 4.78 is 12.9. The minimum absolute atomic E-state index is 0.226. The van der Waals surface area contributed by atoms with Gasteiger partial charge in [-0.05, 0) is 4.76 Å². The summed E-state index contributed by atoms with van der Waals surface area (Å²) in [5, 5.41) is 0. The lowest BCUT2D eigenvalue weighted by atomic mass is 11.1. The van der Waals surface area contributed by atoms with Gasteiger partial charge in [-0.3, -0.25) is 0 Å². The maximum atomic E-state index is 9.87. The van der Waals surface area contributed by atoms with Crippen molar-refractivity contribution in [2.24, 2.45) is 16.2 Å². The molecule has 7 heavy (non-hydrogen) atoms. The SMILES string of the molecule is NC(N)=N[P+](=O)[S-]. The van der Waals surface area contributed by atoms with Gasteiger partial charge in [0.2, 0.25) is 5.96 Å². The first kappa shape index (κ1) is 6.72. The molecule has 0 aliphatic rings. The smallest absolute Gasteiger partial charge is 0.354 e. The van der Waals surface area contributed by atoms with Crippen LogP contribution in [0.15, 0.2) is 4.76 Å². The molecule has 40 valence electrons. The van der Waals surface area contributed by atoms with Gasteiger partial charge in [0.1, 0.15) is 0 Å². The van der Waals surface area contributed by atoms with Crippen LogP contribution in [0.1, 0.15) is 0 Å². The maximum absolute atomic E-state index is 9.87. The predicted octanol–water partition coefficient (Wildman–Crippen LogP) is -0.536. The summed E-state index contributed by atoms with van der Waals surface area (Å²) in [4.78, 5) is 0. The first-order chi connectivity index (χ1) is 3.13. The van der Waals surface area contributed by atoms with Crippen LogP contribution in [-0.4, -0.2) is 5.96 Å². The average Bonchev–Trinajstić information content (AvgIpc) is 1.27. The molecule has 0 heterocycles. The highest BCUT2D eigenvalue weighted by atomic mass is 32.7. The van der Waals surface area contributed by atoms with Crippen molar-refractivity contribution < 1.29 is 4.57 Å². The van der Waals surface area contributed by atoms with Crippen molar-refractivity contribution in [3.8, 4) is 0 Å². The van der Waals surface area contributed by atoms with Crippen molar-refractivity contribution in [1.82, 2.24) is 0 Å². The van der Waals surface area contributed by atoms with Crippen LogP contribution in [0, 0.1) is 0 Å². The zero-order valence-electron chi connectivity index (χ0n) is 3.37. The molecule has 0 saturated heterocycles. The molecule has 0 aromatic carbocycles. The second-order valence-corrected chi connectivity index (χ2v) is 2.38. The summed E-state index contributed by atoms with van der Waals surface area (Å²) in [6.45, 7) is 0. The van der Waals surface area contributed by atoms with Gasteiger partial charge < -0.3 is 23.7 Å². The number of hydrogen-bond donors (Lipinski definition) is 2. The maximum Gasteiger partial charge on any atom is 0.354 e. The Balaban J connectivity index is 3.68. The van der Waals surface area contributed by atoms with E-state index in [4.69, 9.17) is 11.5 Å². The van der Waals surface area contributed by atoms with E-state index in [0.29, 0.717) is 0 Å². The Labute approximate surface area is 47.0 Å². The van der Waals surface area contributed by atoms with Gasteiger partial charge in [-0.1, -0.05) is 4.57 Å². The van der Waals surface area contributed by atoms with Gasteiger partial charge in [-0.25, -0.2) is 0 Å². The number of hydrogen-bond acceptors (Lipinski definition) is 2. The zero-order valence-corrected chi connectivity index (χ0v) is 5.08. The van der Waals surface area contributed by atoms with Crippen molar-refractivity contribution in [2.75, 3.05) is 0 Å². The van der Waals surface area contributed by atoms with Gasteiger partial charge in [0, 0.05) is 0 Å². The van der Waals surface area contributed by atoms with Crippen LogP contribution < -0.4 is 11.5 Å². The van der Waals surface area contributed by atoms with E-state index in [-0.39, 0.29) is 5.96 Å². The highest BCUT2D eigenvalue weighted by Crippen LogP contribution is 2.14. The number of rotatable bonds is 1. The molecule has 0 aliphatic carbocycles. The van der Waals surface area contributed by atoms with E-state index in [2.05, 4.69) is 17.0 Å². The van der Waals surface area contributed by atoms with Crippen LogP contribution in [0.25, 0.3) is 0 Å². The van der Waals surface area contributed by atoms with Gasteiger partial charge >= 0.3 is 7.15 Å². The summed E-state index contributed by atoms with van der Waals surface area (Å²) >= 11 is 4.12. The molecule has 0 amide bonds. The minimum atomic E-state index is -1.97. The second kappa shape index (κ2) is 2.82. The quantitative estimate of drug-likeness (QED) is 0.220. The Hall–Kier alpha value is -0.280. The van der Waals surface area contributed by atoms with Crippen molar-refractivity contribution in [1.29, 1.82) is 0 Å². The van der Waals surface area contributed by atoms with Crippen LogP contribution >= 0.6 is 7.15 Å². The Bertz CT molecular complexity index is 108. The Morgan fingerprint density at radius 2 is 2.14 bits per heavy atom. The molecule has 0 bridgehead atoms. The first-order valence-corrected chi connectivity index (χ1v) is 3.59. The lowest BCUT2D eigenvalue weighted by molar-refractivity contribution is 0.597. The monoisotopic (exact) mass is 137 g/mol. The topological polar surface area (TPSA) is 81.5 Å². The van der Waals surface area contributed by atoms with E-state index >= 15 is 0 Å². The van der Waals surface area contributed by atoms with Gasteiger partial charge in [-0.15, -0.1) is 0 Å². The van der Waals surface area contributed by atoms with Crippen LogP contribution in [0.5, 0.6) is 0 Å². The average molecular weight is 137 g/mol. The molecule has 0 aromatic heterocycles. The predicted molar refractivity (Wildman–Crippen MR) is 30.8 cm³/mol. The third-order valence-electron chi connectivity index (χ3n) is 0.197. The molecule has 0 fully saturated rings. The summed E-state index contributed by atoms with van der Waals surface area (Å²) in [7, 11) is -1.97. The normalized spacial score (nSPS) is 10.1. The highest BCUT2D eigenvalue weighted by Gasteiger charge is 1.88. The van der Waals surface area contributed by atoms with Gasteiger partial charge in [0.25, 0.3) is 0 Å². The molecule has 0 saturated carbocycles. The lowest BCUT2D eigenvalue weighted by Gasteiger charge is -1.77. The molecule has 1 atom stereocenters. The first-order valence-electron chi connectivity index (χ1n) is 1.37. The van der Waals surface area contributed by atoms with E-state index in [1.165, 1.54) is 0 Å². The zero-order chi connectivity index (χ0) is 5.86. The van der Waals surface area contributed by atoms with Crippen LogP contribution in [0.4, 0.5) is 0 Å². The molecular formula is CH4N3OPS. The van der Waals surface area contributed by atoms with E-state index in [1.54, 1.807) is 0 Å². The minimum Gasteiger partial charge on any atom is -0.414 e. The van der Waals surface area contributed by atoms with Gasteiger partial charge in [0.15, 0.2) is 0 Å². The third kappa shape index (κ3) is 5.72. The highest BCUT2D eigenvalue weighted by molar-refractivity contribution is 8.27. The molecule has 4 nitrogen and oxygen atoms in total. The molecule has 0 spiro atoms.